The molecule has 2 atom stereocenters. The van der Waals surface area contributed by atoms with Gasteiger partial charge in [0, 0.05) is 30.0 Å². The van der Waals surface area contributed by atoms with Gasteiger partial charge in [0.25, 0.3) is 0 Å². The van der Waals surface area contributed by atoms with Crippen LogP contribution in [0.15, 0.2) is 79.0 Å². The Kier molecular flexibility index (Phi) is 11.9. The minimum Gasteiger partial charge on any atom is -0.497 e. The quantitative estimate of drug-likeness (QED) is 0.189. The van der Waals surface area contributed by atoms with Crippen molar-refractivity contribution in [3.05, 3.63) is 95.7 Å². The molecule has 2 unspecified atom stereocenters. The summed E-state index contributed by atoms with van der Waals surface area (Å²) in [6.07, 6.45) is 9.39. The molecule has 0 spiro atoms. The topological polar surface area (TPSA) is 100 Å². The lowest BCUT2D eigenvalue weighted by Crippen LogP contribution is -2.37. The van der Waals surface area contributed by atoms with Crippen LogP contribution >= 0.6 is 0 Å². The molecule has 7 heteroatoms. The van der Waals surface area contributed by atoms with Crippen LogP contribution in [0.1, 0.15) is 47.2 Å². The summed E-state index contributed by atoms with van der Waals surface area (Å²) in [6.45, 7) is 7.22. The van der Waals surface area contributed by atoms with Gasteiger partial charge in [0.05, 0.1) is 7.11 Å². The molecule has 2 aromatic rings. The first-order valence-electron chi connectivity index (χ1n) is 11.9. The minimum absolute atomic E-state index is 0.183. The number of ether oxygens (including phenoxy) is 2. The number of methoxy groups -OCH3 is 2. The van der Waals surface area contributed by atoms with Crippen LogP contribution < -0.4 is 15.4 Å². The lowest BCUT2D eigenvalue weighted by atomic mass is 9.97. The Balaban J connectivity index is 0.00000145. The van der Waals surface area contributed by atoms with Crippen LogP contribution in [0.5, 0.6) is 5.75 Å². The van der Waals surface area contributed by atoms with Gasteiger partial charge in [0.1, 0.15) is 12.5 Å². The number of aryl methyl sites for hydroxylation is 1. The van der Waals surface area contributed by atoms with Crippen LogP contribution in [0, 0.1) is 12.8 Å². The summed E-state index contributed by atoms with van der Waals surface area (Å²) >= 11 is 0. The fourth-order valence-corrected chi connectivity index (χ4v) is 3.54. The second kappa shape index (κ2) is 14.9. The van der Waals surface area contributed by atoms with E-state index in [4.69, 9.17) is 19.7 Å². The van der Waals surface area contributed by atoms with Gasteiger partial charge in [-0.25, -0.2) is 0 Å². The standard InChI is InChI=1S/C28H34N2O3.CH4O2/c1-6-7-24(29-28(33-5)30-26-17-16-25(32-4)18-20(26)3)15-8-19(2)21-9-11-22(12-10-21)27(31)23-13-14-23;2-1-3/h6-12,15-19,23,28-30H,1,13-14H2,2-5H3;2-3H,1H2/b15-8-,24-7+;. The molecule has 3 rings (SSSR count). The van der Waals surface area contributed by atoms with Crippen molar-refractivity contribution >= 4 is 11.5 Å². The number of aliphatic hydroxyl groups excluding tert-OH is 1. The molecular formula is C29H38N2O5. The van der Waals surface area contributed by atoms with E-state index in [0.29, 0.717) is 0 Å². The molecule has 4 N–H and O–H groups in total. The second-order valence-electron chi connectivity index (χ2n) is 8.49. The Hall–Kier alpha value is -3.39. The van der Waals surface area contributed by atoms with Gasteiger partial charge < -0.3 is 30.3 Å². The van der Waals surface area contributed by atoms with Crippen molar-refractivity contribution < 1.29 is 24.5 Å². The number of anilines is 1. The first kappa shape index (κ1) is 28.8. The van der Waals surface area contributed by atoms with E-state index in [2.05, 4.69) is 30.2 Å². The van der Waals surface area contributed by atoms with Gasteiger partial charge in [-0.15, -0.1) is 0 Å². The van der Waals surface area contributed by atoms with E-state index in [0.717, 1.165) is 46.7 Å². The Labute approximate surface area is 214 Å². The van der Waals surface area contributed by atoms with Crippen LogP contribution in [0.3, 0.4) is 0 Å². The second-order valence-corrected chi connectivity index (χ2v) is 8.49. The molecular weight excluding hydrogens is 456 g/mol. The largest absolute Gasteiger partial charge is 0.497 e. The van der Waals surface area contributed by atoms with Gasteiger partial charge in [-0.3, -0.25) is 4.79 Å². The molecule has 194 valence electrons. The highest BCUT2D eigenvalue weighted by Crippen LogP contribution is 2.33. The molecule has 1 aliphatic carbocycles. The zero-order valence-electron chi connectivity index (χ0n) is 21.5. The number of carbonyl (C=O) groups is 1. The minimum atomic E-state index is -0.750. The summed E-state index contributed by atoms with van der Waals surface area (Å²) in [5.74, 6) is 1.52. The van der Waals surface area contributed by atoms with Gasteiger partial charge in [0.2, 0.25) is 6.35 Å². The van der Waals surface area contributed by atoms with Gasteiger partial charge in [-0.05, 0) is 67.2 Å². The van der Waals surface area contributed by atoms with E-state index < -0.39 is 13.1 Å². The number of rotatable bonds is 12. The van der Waals surface area contributed by atoms with Crippen LogP contribution in [-0.2, 0) is 4.74 Å². The molecule has 7 nitrogen and oxygen atoms in total. The van der Waals surface area contributed by atoms with Crippen molar-refractivity contribution in [1.29, 1.82) is 0 Å². The smallest absolute Gasteiger partial charge is 0.205 e. The SMILES string of the molecule is C=C/C=C(\C=C/C(C)c1ccc(C(=O)C2CC2)cc1)NC(Nc1ccc(OC)cc1C)OC.OCO. The third-order valence-electron chi connectivity index (χ3n) is 5.78. The highest BCUT2D eigenvalue weighted by Gasteiger charge is 2.30. The van der Waals surface area contributed by atoms with E-state index in [-0.39, 0.29) is 17.6 Å². The molecule has 1 fully saturated rings. The van der Waals surface area contributed by atoms with Crippen LogP contribution in [0.4, 0.5) is 5.69 Å². The molecule has 0 radical (unpaired) electrons. The maximum absolute atomic E-state index is 12.2. The molecule has 1 aliphatic rings. The van der Waals surface area contributed by atoms with Crippen molar-refractivity contribution in [1.82, 2.24) is 5.32 Å². The lowest BCUT2D eigenvalue weighted by molar-refractivity contribution is 0.0773. The van der Waals surface area contributed by atoms with Crippen molar-refractivity contribution in [2.45, 2.75) is 39.0 Å². The summed E-state index contributed by atoms with van der Waals surface area (Å²) in [6, 6.07) is 13.8. The number of benzene rings is 2. The predicted molar refractivity (Wildman–Crippen MR) is 144 cm³/mol. The molecule has 2 aromatic carbocycles. The Morgan fingerprint density at radius 1 is 1.17 bits per heavy atom. The number of Topliss-reactive ketones (excluding diaryl/α,β-unsaturated/α-hetero) is 1. The highest BCUT2D eigenvalue weighted by molar-refractivity contribution is 5.99. The summed E-state index contributed by atoms with van der Waals surface area (Å²) in [4.78, 5) is 12.2. The Bertz CT molecular complexity index is 1040. The Morgan fingerprint density at radius 2 is 1.83 bits per heavy atom. The molecule has 0 aliphatic heterocycles. The zero-order chi connectivity index (χ0) is 26.5. The summed E-state index contributed by atoms with van der Waals surface area (Å²) in [5, 5.41) is 21.0. The van der Waals surface area contributed by atoms with Crippen LogP contribution in [0.25, 0.3) is 0 Å². The summed E-state index contributed by atoms with van der Waals surface area (Å²) in [7, 11) is 3.30. The fraction of sp³-hybridized carbons (Fsp3) is 0.345. The molecule has 0 amide bonds. The lowest BCUT2D eigenvalue weighted by Gasteiger charge is -2.22. The van der Waals surface area contributed by atoms with Gasteiger partial charge in [-0.1, -0.05) is 49.9 Å². The van der Waals surface area contributed by atoms with Crippen LogP contribution in [-0.4, -0.2) is 43.4 Å². The van der Waals surface area contributed by atoms with Gasteiger partial charge in [-0.2, -0.15) is 0 Å². The number of carbonyl (C=O) groups excluding carboxylic acids is 1. The van der Waals surface area contributed by atoms with E-state index in [1.807, 2.05) is 61.5 Å². The van der Waals surface area contributed by atoms with E-state index >= 15 is 0 Å². The number of ketones is 1. The third-order valence-corrected chi connectivity index (χ3v) is 5.78. The fourth-order valence-electron chi connectivity index (χ4n) is 3.54. The molecule has 0 saturated heterocycles. The molecule has 36 heavy (non-hydrogen) atoms. The van der Waals surface area contributed by atoms with Gasteiger partial charge in [0.15, 0.2) is 5.78 Å². The van der Waals surface area contributed by atoms with E-state index in [9.17, 15) is 4.79 Å². The first-order valence-corrected chi connectivity index (χ1v) is 11.9. The van der Waals surface area contributed by atoms with E-state index in [1.54, 1.807) is 20.3 Å². The highest BCUT2D eigenvalue weighted by atomic mass is 16.5. The summed E-state index contributed by atoms with van der Waals surface area (Å²) in [5.41, 5.74) is 4.84. The molecule has 0 heterocycles. The van der Waals surface area contributed by atoms with Crippen molar-refractivity contribution in [3.63, 3.8) is 0 Å². The van der Waals surface area contributed by atoms with Crippen molar-refractivity contribution in [2.24, 2.45) is 5.92 Å². The van der Waals surface area contributed by atoms with Crippen LogP contribution in [0.2, 0.25) is 0 Å². The molecule has 1 saturated carbocycles. The zero-order valence-corrected chi connectivity index (χ0v) is 21.5. The monoisotopic (exact) mass is 494 g/mol. The normalized spacial score (nSPS) is 14.9. The summed E-state index contributed by atoms with van der Waals surface area (Å²) < 4.78 is 10.9. The number of aliphatic hydroxyl groups is 2. The number of hydrogen-bond acceptors (Lipinski definition) is 7. The average Bonchev–Trinajstić information content (AvgIpc) is 3.73. The molecule has 0 aromatic heterocycles. The van der Waals surface area contributed by atoms with Gasteiger partial charge >= 0.3 is 0 Å². The van der Waals surface area contributed by atoms with E-state index in [1.165, 1.54) is 0 Å². The maximum atomic E-state index is 12.2. The maximum Gasteiger partial charge on any atom is 0.205 e. The Morgan fingerprint density at radius 3 is 2.36 bits per heavy atom. The number of nitrogens with one attached hydrogen (secondary N) is 2. The predicted octanol–water partition coefficient (Wildman–Crippen LogP) is 4.89. The van der Waals surface area contributed by atoms with Crippen molar-refractivity contribution in [3.8, 4) is 5.75 Å². The average molecular weight is 495 g/mol. The first-order chi connectivity index (χ1) is 17.4. The number of hydrogen-bond donors (Lipinski definition) is 4. The van der Waals surface area contributed by atoms with Crippen molar-refractivity contribution in [2.75, 3.05) is 26.3 Å². The third kappa shape index (κ3) is 9.00. The number of allylic oxidation sites excluding steroid dienone is 4. The molecule has 0 bridgehead atoms.